The van der Waals surface area contributed by atoms with Gasteiger partial charge in [-0.1, -0.05) is 50.6 Å². The Bertz CT molecular complexity index is 362. The fourth-order valence-electron chi connectivity index (χ4n) is 2.39. The van der Waals surface area contributed by atoms with Gasteiger partial charge >= 0.3 is 0 Å². The molecule has 0 aliphatic carbocycles. The maximum absolute atomic E-state index is 6.24. The monoisotopic (exact) mass is 263 g/mol. The van der Waals surface area contributed by atoms with Crippen molar-refractivity contribution in [1.29, 1.82) is 0 Å². The van der Waals surface area contributed by atoms with E-state index >= 15 is 0 Å². The molecule has 2 atom stereocenters. The van der Waals surface area contributed by atoms with Crippen molar-refractivity contribution in [2.45, 2.75) is 53.2 Å². The predicted octanol–water partition coefficient (Wildman–Crippen LogP) is 4.10. The highest BCUT2D eigenvalue weighted by molar-refractivity contribution is 5.24. The van der Waals surface area contributed by atoms with Crippen LogP contribution in [0.4, 0.5) is 0 Å². The number of hydrogen-bond donors (Lipinski definition) is 1. The highest BCUT2D eigenvalue weighted by atomic mass is 16.5. The second kappa shape index (κ2) is 8.34. The molecule has 0 spiro atoms. The minimum Gasteiger partial charge on any atom is -0.369 e. The second-order valence-corrected chi connectivity index (χ2v) is 5.79. The zero-order chi connectivity index (χ0) is 14.3. The highest BCUT2D eigenvalue weighted by Gasteiger charge is 2.16. The van der Waals surface area contributed by atoms with Crippen LogP contribution < -0.4 is 5.32 Å². The van der Waals surface area contributed by atoms with E-state index in [4.69, 9.17) is 4.74 Å². The lowest BCUT2D eigenvalue weighted by atomic mass is 10.0. The standard InChI is InChI=1S/C17H29NO/c1-6-18-12-17(19-15(5)10-13(2)3)16-9-7-8-14(4)11-16/h7-9,11,13,15,17-18H,6,10,12H2,1-5H3. The Morgan fingerprint density at radius 1 is 1.21 bits per heavy atom. The van der Waals surface area contributed by atoms with Gasteiger partial charge in [-0.3, -0.25) is 0 Å². The van der Waals surface area contributed by atoms with Gasteiger partial charge in [-0.25, -0.2) is 0 Å². The summed E-state index contributed by atoms with van der Waals surface area (Å²) in [5.41, 5.74) is 2.57. The van der Waals surface area contributed by atoms with Gasteiger partial charge in [0, 0.05) is 6.54 Å². The Morgan fingerprint density at radius 2 is 1.95 bits per heavy atom. The van der Waals surface area contributed by atoms with Crippen LogP contribution in [0.5, 0.6) is 0 Å². The second-order valence-electron chi connectivity index (χ2n) is 5.79. The van der Waals surface area contributed by atoms with E-state index in [2.05, 4.69) is 64.2 Å². The molecular formula is C17H29NO. The molecule has 0 saturated carbocycles. The summed E-state index contributed by atoms with van der Waals surface area (Å²) in [6.07, 6.45) is 1.55. The van der Waals surface area contributed by atoms with Crippen molar-refractivity contribution in [1.82, 2.24) is 5.32 Å². The molecule has 1 N–H and O–H groups in total. The van der Waals surface area contributed by atoms with Gasteiger partial charge in [-0.2, -0.15) is 0 Å². The number of rotatable bonds is 8. The molecule has 1 rings (SSSR count). The van der Waals surface area contributed by atoms with Crippen LogP contribution in [-0.2, 0) is 4.74 Å². The summed E-state index contributed by atoms with van der Waals surface area (Å²) in [7, 11) is 0. The molecule has 108 valence electrons. The third kappa shape index (κ3) is 6.22. The van der Waals surface area contributed by atoms with Gasteiger partial charge in [-0.15, -0.1) is 0 Å². The van der Waals surface area contributed by atoms with E-state index in [9.17, 15) is 0 Å². The van der Waals surface area contributed by atoms with Crippen molar-refractivity contribution in [2.24, 2.45) is 5.92 Å². The molecule has 0 radical (unpaired) electrons. The smallest absolute Gasteiger partial charge is 0.0952 e. The van der Waals surface area contributed by atoms with E-state index in [0.29, 0.717) is 12.0 Å². The Hall–Kier alpha value is -0.860. The molecule has 0 fully saturated rings. The van der Waals surface area contributed by atoms with Crippen LogP contribution in [-0.4, -0.2) is 19.2 Å². The molecular weight excluding hydrogens is 234 g/mol. The zero-order valence-corrected chi connectivity index (χ0v) is 13.1. The van der Waals surface area contributed by atoms with Gasteiger partial charge in [0.2, 0.25) is 0 Å². The van der Waals surface area contributed by atoms with Gasteiger partial charge in [0.05, 0.1) is 12.2 Å². The molecule has 0 aliphatic heterocycles. The molecule has 19 heavy (non-hydrogen) atoms. The minimum atomic E-state index is 0.147. The molecule has 2 unspecified atom stereocenters. The summed E-state index contributed by atoms with van der Waals surface area (Å²) in [5.74, 6) is 0.673. The molecule has 2 heteroatoms. The van der Waals surface area contributed by atoms with Gasteiger partial charge in [-0.05, 0) is 38.3 Å². The average Bonchev–Trinajstić information content (AvgIpc) is 2.33. The van der Waals surface area contributed by atoms with E-state index in [1.807, 2.05) is 0 Å². The molecule has 0 amide bonds. The molecule has 1 aromatic rings. The molecule has 0 bridgehead atoms. The summed E-state index contributed by atoms with van der Waals surface area (Å²) in [4.78, 5) is 0. The van der Waals surface area contributed by atoms with Crippen LogP contribution >= 0.6 is 0 Å². The summed E-state index contributed by atoms with van der Waals surface area (Å²) >= 11 is 0. The first-order valence-corrected chi connectivity index (χ1v) is 7.45. The van der Waals surface area contributed by atoms with E-state index in [-0.39, 0.29) is 6.10 Å². The van der Waals surface area contributed by atoms with E-state index in [1.54, 1.807) is 0 Å². The summed E-state index contributed by atoms with van der Waals surface area (Å²) in [6.45, 7) is 12.8. The lowest BCUT2D eigenvalue weighted by Gasteiger charge is -2.24. The highest BCUT2D eigenvalue weighted by Crippen LogP contribution is 2.22. The molecule has 0 saturated heterocycles. The first-order valence-electron chi connectivity index (χ1n) is 7.45. The molecule has 0 aliphatic rings. The third-order valence-corrected chi connectivity index (χ3v) is 3.19. The number of ether oxygens (including phenoxy) is 1. The Morgan fingerprint density at radius 3 is 2.53 bits per heavy atom. The van der Waals surface area contributed by atoms with Crippen molar-refractivity contribution in [3.05, 3.63) is 35.4 Å². The van der Waals surface area contributed by atoms with Crippen molar-refractivity contribution in [3.63, 3.8) is 0 Å². The minimum absolute atomic E-state index is 0.147. The van der Waals surface area contributed by atoms with E-state index in [1.165, 1.54) is 11.1 Å². The van der Waals surface area contributed by atoms with E-state index < -0.39 is 0 Å². The largest absolute Gasteiger partial charge is 0.369 e. The zero-order valence-electron chi connectivity index (χ0n) is 13.1. The topological polar surface area (TPSA) is 21.3 Å². The van der Waals surface area contributed by atoms with Gasteiger partial charge in [0.15, 0.2) is 0 Å². The lowest BCUT2D eigenvalue weighted by molar-refractivity contribution is -0.0124. The summed E-state index contributed by atoms with van der Waals surface area (Å²) in [6, 6.07) is 8.63. The van der Waals surface area contributed by atoms with Crippen LogP contribution in [0.25, 0.3) is 0 Å². The molecule has 2 nitrogen and oxygen atoms in total. The normalized spacial score (nSPS) is 14.6. The molecule has 0 aromatic heterocycles. The average molecular weight is 263 g/mol. The molecule has 0 heterocycles. The quantitative estimate of drug-likeness (QED) is 0.762. The van der Waals surface area contributed by atoms with Crippen LogP contribution in [0, 0.1) is 12.8 Å². The lowest BCUT2D eigenvalue weighted by Crippen LogP contribution is -2.26. The van der Waals surface area contributed by atoms with Crippen molar-refractivity contribution >= 4 is 0 Å². The van der Waals surface area contributed by atoms with Crippen LogP contribution in [0.2, 0.25) is 0 Å². The third-order valence-electron chi connectivity index (χ3n) is 3.19. The SMILES string of the molecule is CCNCC(OC(C)CC(C)C)c1cccc(C)c1. The Kier molecular flexibility index (Phi) is 7.11. The Balaban J connectivity index is 2.71. The number of aryl methyl sites for hydroxylation is 1. The van der Waals surface area contributed by atoms with Crippen molar-refractivity contribution in [3.8, 4) is 0 Å². The number of likely N-dealkylation sites (N-methyl/N-ethyl adjacent to an activating group) is 1. The van der Waals surface area contributed by atoms with E-state index in [0.717, 1.165) is 19.5 Å². The van der Waals surface area contributed by atoms with Crippen LogP contribution in [0.1, 0.15) is 51.3 Å². The van der Waals surface area contributed by atoms with Crippen molar-refractivity contribution in [2.75, 3.05) is 13.1 Å². The van der Waals surface area contributed by atoms with Crippen LogP contribution in [0.3, 0.4) is 0 Å². The van der Waals surface area contributed by atoms with Gasteiger partial charge in [0.25, 0.3) is 0 Å². The number of benzene rings is 1. The first kappa shape index (κ1) is 16.2. The van der Waals surface area contributed by atoms with Crippen molar-refractivity contribution < 1.29 is 4.74 Å². The summed E-state index contributed by atoms with van der Waals surface area (Å²) in [5, 5.41) is 3.40. The van der Waals surface area contributed by atoms with Gasteiger partial charge in [0.1, 0.15) is 0 Å². The first-order chi connectivity index (χ1) is 9.02. The maximum atomic E-state index is 6.24. The summed E-state index contributed by atoms with van der Waals surface area (Å²) < 4.78 is 6.24. The predicted molar refractivity (Wildman–Crippen MR) is 82.5 cm³/mol. The van der Waals surface area contributed by atoms with Crippen LogP contribution in [0.15, 0.2) is 24.3 Å². The number of hydrogen-bond acceptors (Lipinski definition) is 2. The molecule has 1 aromatic carbocycles. The fraction of sp³-hybridized carbons (Fsp3) is 0.647. The van der Waals surface area contributed by atoms with Gasteiger partial charge < -0.3 is 10.1 Å². The number of nitrogens with one attached hydrogen (secondary N) is 1. The maximum Gasteiger partial charge on any atom is 0.0952 e. The fourth-order valence-corrected chi connectivity index (χ4v) is 2.39. The Labute approximate surface area is 118 Å².